The molecule has 4 heterocycles. The van der Waals surface area contributed by atoms with Gasteiger partial charge in [0.05, 0.1) is 31.8 Å². The molecule has 0 radical (unpaired) electrons. The minimum atomic E-state index is -1.19. The summed E-state index contributed by atoms with van der Waals surface area (Å²) < 4.78 is 12.4. The fraction of sp³-hybridized carbons (Fsp3) is 0.562. The molecule has 140 valence electrons. The highest BCUT2D eigenvalue weighted by Crippen LogP contribution is 2.31. The van der Waals surface area contributed by atoms with Crippen LogP contribution in [0.25, 0.3) is 17.2 Å². The molecule has 2 aliphatic heterocycles. The number of fused-ring (bicyclic) bond motifs is 1. The normalized spacial score (nSPS) is 29.9. The lowest BCUT2D eigenvalue weighted by molar-refractivity contribution is -0.0511. The molecular formula is C16H21N5O5. The second-order valence-electron chi connectivity index (χ2n) is 6.28. The fourth-order valence-corrected chi connectivity index (χ4v) is 3.19. The highest BCUT2D eigenvalue weighted by molar-refractivity contribution is 5.79. The van der Waals surface area contributed by atoms with E-state index in [0.717, 1.165) is 13.1 Å². The first-order valence-electron chi connectivity index (χ1n) is 8.49. The lowest BCUT2D eigenvalue weighted by Crippen LogP contribution is -2.33. The molecule has 0 bridgehead atoms. The largest absolute Gasteiger partial charge is 0.394 e. The molecule has 0 saturated carbocycles. The summed E-state index contributed by atoms with van der Waals surface area (Å²) in [5.41, 5.74) is 1.69. The molecule has 0 aromatic carbocycles. The molecule has 2 saturated heterocycles. The fourth-order valence-electron chi connectivity index (χ4n) is 3.19. The third-order valence-corrected chi connectivity index (χ3v) is 4.67. The number of nitrogens with zero attached hydrogens (tertiary/aromatic N) is 5. The molecule has 0 unspecified atom stereocenters. The summed E-state index contributed by atoms with van der Waals surface area (Å²) in [6.45, 7) is 2.65. The van der Waals surface area contributed by atoms with Gasteiger partial charge in [-0.3, -0.25) is 4.57 Å². The Morgan fingerprint density at radius 3 is 2.69 bits per heavy atom. The molecule has 26 heavy (non-hydrogen) atoms. The van der Waals surface area contributed by atoms with E-state index in [2.05, 4.69) is 19.9 Å². The Morgan fingerprint density at radius 1 is 1.15 bits per heavy atom. The summed E-state index contributed by atoms with van der Waals surface area (Å²) in [4.78, 5) is 15.0. The maximum Gasteiger partial charge on any atom is 0.166 e. The summed E-state index contributed by atoms with van der Waals surface area (Å²) >= 11 is 0. The average molecular weight is 363 g/mol. The zero-order chi connectivity index (χ0) is 18.1. The minimum Gasteiger partial charge on any atom is -0.394 e. The van der Waals surface area contributed by atoms with Crippen LogP contribution in [0.3, 0.4) is 0 Å². The number of hydrogen-bond acceptors (Lipinski definition) is 9. The van der Waals surface area contributed by atoms with Crippen molar-refractivity contribution in [2.24, 2.45) is 0 Å². The predicted octanol–water partition coefficient (Wildman–Crippen LogP) is -1.26. The monoisotopic (exact) mass is 363 g/mol. The summed E-state index contributed by atoms with van der Waals surface area (Å²) in [7, 11) is 0. The van der Waals surface area contributed by atoms with Crippen molar-refractivity contribution < 1.29 is 24.8 Å². The number of ether oxygens (including phenoxy) is 2. The minimum absolute atomic E-state index is 0.385. The molecule has 2 aliphatic rings. The third kappa shape index (κ3) is 3.06. The lowest BCUT2D eigenvalue weighted by atomic mass is 10.1. The van der Waals surface area contributed by atoms with Gasteiger partial charge in [0.25, 0.3) is 0 Å². The Labute approximate surface area is 149 Å². The first-order chi connectivity index (χ1) is 12.7. The van der Waals surface area contributed by atoms with E-state index in [1.54, 1.807) is 4.57 Å². The van der Waals surface area contributed by atoms with Crippen molar-refractivity contribution in [2.45, 2.75) is 24.5 Å². The van der Waals surface area contributed by atoms with Crippen LogP contribution in [0.4, 0.5) is 0 Å². The average Bonchev–Trinajstić information content (AvgIpc) is 3.23. The Morgan fingerprint density at radius 2 is 1.96 bits per heavy atom. The zero-order valence-corrected chi connectivity index (χ0v) is 14.0. The van der Waals surface area contributed by atoms with Gasteiger partial charge in [-0.25, -0.2) is 15.0 Å². The Balaban J connectivity index is 1.62. The third-order valence-electron chi connectivity index (χ3n) is 4.67. The highest BCUT2D eigenvalue weighted by atomic mass is 16.6. The number of aliphatic hydroxyl groups excluding tert-OH is 3. The van der Waals surface area contributed by atoms with E-state index < -0.39 is 24.5 Å². The topological polar surface area (TPSA) is 126 Å². The molecule has 10 heteroatoms. The number of aromatic nitrogens is 4. The van der Waals surface area contributed by atoms with Crippen LogP contribution < -0.4 is 0 Å². The lowest BCUT2D eigenvalue weighted by Gasteiger charge is -2.24. The molecule has 0 amide bonds. The van der Waals surface area contributed by atoms with E-state index in [0.29, 0.717) is 30.1 Å². The van der Waals surface area contributed by atoms with Gasteiger partial charge in [-0.05, 0) is 6.08 Å². The van der Waals surface area contributed by atoms with E-state index in [1.807, 2.05) is 12.3 Å². The molecule has 0 aliphatic carbocycles. The number of rotatable bonds is 4. The first kappa shape index (κ1) is 17.3. The van der Waals surface area contributed by atoms with Crippen LogP contribution in [0, 0.1) is 0 Å². The molecule has 4 atom stereocenters. The smallest absolute Gasteiger partial charge is 0.166 e. The van der Waals surface area contributed by atoms with Gasteiger partial charge in [-0.1, -0.05) is 0 Å². The maximum atomic E-state index is 10.2. The second-order valence-corrected chi connectivity index (χ2v) is 6.28. The first-order valence-corrected chi connectivity index (χ1v) is 8.49. The van der Waals surface area contributed by atoms with Gasteiger partial charge in [0.15, 0.2) is 11.9 Å². The van der Waals surface area contributed by atoms with Crippen LogP contribution in [0.15, 0.2) is 18.9 Å². The van der Waals surface area contributed by atoms with Crippen LogP contribution in [0.5, 0.6) is 0 Å². The number of hydrogen-bond donors (Lipinski definition) is 3. The van der Waals surface area contributed by atoms with E-state index in [-0.39, 0.29) is 6.61 Å². The molecule has 3 N–H and O–H groups in total. The predicted molar refractivity (Wildman–Crippen MR) is 89.8 cm³/mol. The Bertz CT molecular complexity index is 790. The van der Waals surface area contributed by atoms with E-state index in [4.69, 9.17) is 9.47 Å². The van der Waals surface area contributed by atoms with Gasteiger partial charge in [0.1, 0.15) is 30.2 Å². The van der Waals surface area contributed by atoms with Crippen molar-refractivity contribution in [3.05, 3.63) is 24.5 Å². The Hall–Kier alpha value is -2.11. The number of aliphatic hydroxyl groups is 3. The van der Waals surface area contributed by atoms with Crippen LogP contribution >= 0.6 is 0 Å². The molecule has 4 rings (SSSR count). The summed E-state index contributed by atoms with van der Waals surface area (Å²) in [5, 5.41) is 29.4. The number of imidazole rings is 1. The number of morpholine rings is 1. The molecule has 2 fully saturated rings. The highest BCUT2D eigenvalue weighted by Gasteiger charge is 2.43. The summed E-state index contributed by atoms with van der Waals surface area (Å²) in [6.07, 6.45) is 2.64. The maximum absolute atomic E-state index is 10.2. The van der Waals surface area contributed by atoms with Gasteiger partial charge < -0.3 is 29.7 Å². The van der Waals surface area contributed by atoms with Crippen LogP contribution in [-0.4, -0.2) is 91.0 Å². The summed E-state index contributed by atoms with van der Waals surface area (Å²) in [5.74, 6) is 0. The zero-order valence-electron chi connectivity index (χ0n) is 14.0. The van der Waals surface area contributed by atoms with Gasteiger partial charge in [0, 0.05) is 19.3 Å². The molecule has 0 spiro atoms. The van der Waals surface area contributed by atoms with Crippen molar-refractivity contribution in [3.8, 4) is 0 Å². The van der Waals surface area contributed by atoms with Crippen molar-refractivity contribution in [2.75, 3.05) is 32.9 Å². The van der Waals surface area contributed by atoms with Crippen molar-refractivity contribution in [1.82, 2.24) is 24.4 Å². The summed E-state index contributed by atoms with van der Waals surface area (Å²) in [6, 6.07) is 0. The molecule has 2 aromatic rings. The van der Waals surface area contributed by atoms with E-state index in [1.165, 1.54) is 12.7 Å². The van der Waals surface area contributed by atoms with Crippen LogP contribution in [0.2, 0.25) is 0 Å². The van der Waals surface area contributed by atoms with E-state index >= 15 is 0 Å². The molecule has 10 nitrogen and oxygen atoms in total. The van der Waals surface area contributed by atoms with Crippen molar-refractivity contribution in [3.63, 3.8) is 0 Å². The quantitative estimate of drug-likeness (QED) is 0.610. The van der Waals surface area contributed by atoms with Crippen LogP contribution in [0.1, 0.15) is 11.9 Å². The molecular weight excluding hydrogens is 342 g/mol. The SMILES string of the molecule is OC[C@@H]1O[C@H](n2cnc3c(/C=C/N4CCOCC4)ncnc32)[C@@H](O)[C@H]1O. The van der Waals surface area contributed by atoms with Gasteiger partial charge >= 0.3 is 0 Å². The Kier molecular flexibility index (Phi) is 4.83. The van der Waals surface area contributed by atoms with Crippen molar-refractivity contribution >= 4 is 17.2 Å². The van der Waals surface area contributed by atoms with Gasteiger partial charge in [0.2, 0.25) is 0 Å². The van der Waals surface area contributed by atoms with Crippen LogP contribution in [-0.2, 0) is 9.47 Å². The van der Waals surface area contributed by atoms with Gasteiger partial charge in [-0.2, -0.15) is 0 Å². The van der Waals surface area contributed by atoms with Crippen molar-refractivity contribution in [1.29, 1.82) is 0 Å². The van der Waals surface area contributed by atoms with Gasteiger partial charge in [-0.15, -0.1) is 0 Å². The van der Waals surface area contributed by atoms with E-state index in [9.17, 15) is 15.3 Å². The standard InChI is InChI=1S/C16H21N5O5/c22-7-11-13(23)14(24)16(26-11)21-9-19-12-10(17-8-18-15(12)21)1-2-20-3-5-25-6-4-20/h1-2,8-9,11,13-14,16,22-24H,3-7H2/b2-1+/t11-,13-,14-,16-/m0/s1. The second kappa shape index (κ2) is 7.25. The molecule has 2 aromatic heterocycles.